The van der Waals surface area contributed by atoms with Crippen LogP contribution in [0.5, 0.6) is 0 Å². The third-order valence-corrected chi connectivity index (χ3v) is 2.30. The first-order chi connectivity index (χ1) is 9.06. The number of carbonyl (C=O) groups is 3. The number of nitrogens with one attached hydrogen (secondary N) is 2. The van der Waals surface area contributed by atoms with Crippen LogP contribution in [-0.4, -0.2) is 42.8 Å². The lowest BCUT2D eigenvalue weighted by atomic mass is 10.1. The van der Waals surface area contributed by atoms with Gasteiger partial charge in [0.25, 0.3) is 0 Å². The van der Waals surface area contributed by atoms with Crippen LogP contribution in [0.25, 0.3) is 0 Å². The van der Waals surface area contributed by atoms with Crippen LogP contribution in [0.4, 0.5) is 4.79 Å². The maximum Gasteiger partial charge on any atom is 0.325 e. The van der Waals surface area contributed by atoms with Crippen molar-refractivity contribution in [2.24, 2.45) is 0 Å². The fraction of sp³-hybridized carbons (Fsp3) is 0.750. The van der Waals surface area contributed by atoms with Gasteiger partial charge in [0.15, 0.2) is 0 Å². The standard InChI is InChI=1S/C12H22N2O5/c1-2-19-11(17)9-14-12(18)13-8-6-4-3-5-7-10(15)16/h2-9H2,1H3,(H,15,16)(H2,13,14,18). The Hall–Kier alpha value is -1.79. The second kappa shape index (κ2) is 11.3. The Kier molecular flexibility index (Phi) is 10.2. The summed E-state index contributed by atoms with van der Waals surface area (Å²) >= 11 is 0. The Morgan fingerprint density at radius 2 is 1.74 bits per heavy atom. The number of carboxylic acid groups (broad SMARTS) is 1. The molecule has 0 fully saturated rings. The van der Waals surface area contributed by atoms with E-state index in [4.69, 9.17) is 5.11 Å². The van der Waals surface area contributed by atoms with Gasteiger partial charge in [-0.2, -0.15) is 0 Å². The Balaban J connectivity index is 3.34. The highest BCUT2D eigenvalue weighted by Gasteiger charge is 2.04. The van der Waals surface area contributed by atoms with E-state index in [2.05, 4.69) is 15.4 Å². The van der Waals surface area contributed by atoms with Crippen LogP contribution in [0.2, 0.25) is 0 Å². The number of hydrogen-bond acceptors (Lipinski definition) is 4. The van der Waals surface area contributed by atoms with Crippen molar-refractivity contribution >= 4 is 18.0 Å². The number of carbonyl (C=O) groups excluding carboxylic acids is 2. The molecule has 0 saturated carbocycles. The van der Waals surface area contributed by atoms with E-state index in [-0.39, 0.29) is 13.0 Å². The molecule has 0 aromatic rings. The van der Waals surface area contributed by atoms with Crippen molar-refractivity contribution in [3.8, 4) is 0 Å². The van der Waals surface area contributed by atoms with Crippen molar-refractivity contribution in [1.29, 1.82) is 0 Å². The topological polar surface area (TPSA) is 105 Å². The normalized spacial score (nSPS) is 9.74. The molecule has 0 bridgehead atoms. The first-order valence-corrected chi connectivity index (χ1v) is 6.45. The third kappa shape index (κ3) is 12.5. The highest BCUT2D eigenvalue weighted by Crippen LogP contribution is 2.01. The predicted molar refractivity (Wildman–Crippen MR) is 68.8 cm³/mol. The molecule has 0 aromatic carbocycles. The molecule has 0 spiro atoms. The maximum absolute atomic E-state index is 11.2. The van der Waals surface area contributed by atoms with Crippen LogP contribution in [0.15, 0.2) is 0 Å². The van der Waals surface area contributed by atoms with Crippen LogP contribution >= 0.6 is 0 Å². The molecule has 19 heavy (non-hydrogen) atoms. The number of esters is 1. The molecule has 0 radical (unpaired) electrons. The third-order valence-electron chi connectivity index (χ3n) is 2.30. The maximum atomic E-state index is 11.2. The van der Waals surface area contributed by atoms with Gasteiger partial charge in [0.1, 0.15) is 6.54 Å². The number of urea groups is 1. The number of carboxylic acids is 1. The quantitative estimate of drug-likeness (QED) is 0.405. The second-order valence-corrected chi connectivity index (χ2v) is 3.97. The summed E-state index contributed by atoms with van der Waals surface area (Å²) in [5.41, 5.74) is 0. The molecule has 0 heterocycles. The SMILES string of the molecule is CCOC(=O)CNC(=O)NCCCCCCC(=O)O. The molecule has 110 valence electrons. The monoisotopic (exact) mass is 274 g/mol. The Morgan fingerprint density at radius 1 is 1.05 bits per heavy atom. The summed E-state index contributed by atoms with van der Waals surface area (Å²) in [7, 11) is 0. The Bertz CT molecular complexity index is 294. The molecule has 7 heteroatoms. The minimum atomic E-state index is -0.781. The van der Waals surface area contributed by atoms with E-state index in [1.807, 2.05) is 0 Å². The molecule has 7 nitrogen and oxygen atoms in total. The average Bonchev–Trinajstić information content (AvgIpc) is 2.35. The van der Waals surface area contributed by atoms with Crippen molar-refractivity contribution in [3.63, 3.8) is 0 Å². The highest BCUT2D eigenvalue weighted by atomic mass is 16.5. The van der Waals surface area contributed by atoms with Gasteiger partial charge in [-0.15, -0.1) is 0 Å². The molecule has 0 unspecified atom stereocenters. The Labute approximate surface area is 112 Å². The lowest BCUT2D eigenvalue weighted by Crippen LogP contribution is -2.39. The van der Waals surface area contributed by atoms with Crippen LogP contribution in [0, 0.1) is 0 Å². The van der Waals surface area contributed by atoms with Gasteiger partial charge in [0.05, 0.1) is 6.61 Å². The molecule has 3 N–H and O–H groups in total. The molecular weight excluding hydrogens is 252 g/mol. The van der Waals surface area contributed by atoms with E-state index >= 15 is 0 Å². The summed E-state index contributed by atoms with van der Waals surface area (Å²) in [5.74, 6) is -1.25. The van der Waals surface area contributed by atoms with Gasteiger partial charge in [-0.1, -0.05) is 12.8 Å². The van der Waals surface area contributed by atoms with Crippen LogP contribution < -0.4 is 10.6 Å². The molecule has 0 aliphatic heterocycles. The summed E-state index contributed by atoms with van der Waals surface area (Å²) in [6, 6.07) is -0.404. The summed E-state index contributed by atoms with van der Waals surface area (Å²) in [5, 5.41) is 13.4. The van der Waals surface area contributed by atoms with E-state index in [0.29, 0.717) is 19.6 Å². The van der Waals surface area contributed by atoms with E-state index < -0.39 is 18.0 Å². The van der Waals surface area contributed by atoms with Gasteiger partial charge >= 0.3 is 18.0 Å². The number of unbranched alkanes of at least 4 members (excludes halogenated alkanes) is 3. The zero-order valence-corrected chi connectivity index (χ0v) is 11.2. The van der Waals surface area contributed by atoms with Crippen molar-refractivity contribution < 1.29 is 24.2 Å². The second-order valence-electron chi connectivity index (χ2n) is 3.97. The van der Waals surface area contributed by atoms with E-state index in [0.717, 1.165) is 19.3 Å². The largest absolute Gasteiger partial charge is 0.481 e. The van der Waals surface area contributed by atoms with Crippen molar-refractivity contribution in [2.75, 3.05) is 19.7 Å². The lowest BCUT2D eigenvalue weighted by Gasteiger charge is -2.07. The smallest absolute Gasteiger partial charge is 0.325 e. The first-order valence-electron chi connectivity index (χ1n) is 6.45. The molecule has 0 rings (SSSR count). The van der Waals surface area contributed by atoms with Crippen molar-refractivity contribution in [2.45, 2.75) is 39.0 Å². The molecule has 0 aliphatic carbocycles. The van der Waals surface area contributed by atoms with E-state index in [1.54, 1.807) is 6.92 Å². The fourth-order valence-corrected chi connectivity index (χ4v) is 1.38. The minimum absolute atomic E-state index is 0.141. The van der Waals surface area contributed by atoms with Gasteiger partial charge in [-0.05, 0) is 19.8 Å². The molecule has 0 saturated heterocycles. The highest BCUT2D eigenvalue weighted by molar-refractivity contribution is 5.80. The van der Waals surface area contributed by atoms with Gasteiger partial charge in [0, 0.05) is 13.0 Å². The lowest BCUT2D eigenvalue weighted by molar-refractivity contribution is -0.142. The molecular formula is C12H22N2O5. The zero-order chi connectivity index (χ0) is 14.5. The average molecular weight is 274 g/mol. The van der Waals surface area contributed by atoms with Crippen molar-refractivity contribution in [3.05, 3.63) is 0 Å². The number of hydrogen-bond donors (Lipinski definition) is 3. The number of aliphatic carboxylic acids is 1. The minimum Gasteiger partial charge on any atom is -0.481 e. The van der Waals surface area contributed by atoms with Crippen molar-refractivity contribution in [1.82, 2.24) is 10.6 Å². The van der Waals surface area contributed by atoms with Crippen LogP contribution in [0.1, 0.15) is 39.0 Å². The van der Waals surface area contributed by atoms with Gasteiger partial charge in [0.2, 0.25) is 0 Å². The summed E-state index contributed by atoms with van der Waals surface area (Å²) < 4.78 is 4.65. The molecule has 0 aromatic heterocycles. The van der Waals surface area contributed by atoms with E-state index in [1.165, 1.54) is 0 Å². The van der Waals surface area contributed by atoms with Gasteiger partial charge in [-0.3, -0.25) is 9.59 Å². The summed E-state index contributed by atoms with van der Waals surface area (Å²) in [6.45, 7) is 2.35. The number of ether oxygens (including phenoxy) is 1. The first kappa shape index (κ1) is 17.2. The van der Waals surface area contributed by atoms with Gasteiger partial charge in [-0.25, -0.2) is 4.79 Å². The van der Waals surface area contributed by atoms with Gasteiger partial charge < -0.3 is 20.5 Å². The number of rotatable bonds is 10. The summed E-state index contributed by atoms with van der Waals surface area (Å²) in [4.78, 5) is 32.4. The number of amides is 2. The van der Waals surface area contributed by atoms with Crippen LogP contribution in [0.3, 0.4) is 0 Å². The summed E-state index contributed by atoms with van der Waals surface area (Å²) in [6.07, 6.45) is 3.33. The molecule has 0 aliphatic rings. The molecule has 0 atom stereocenters. The zero-order valence-electron chi connectivity index (χ0n) is 11.2. The van der Waals surface area contributed by atoms with Crippen LogP contribution in [-0.2, 0) is 14.3 Å². The Morgan fingerprint density at radius 3 is 2.37 bits per heavy atom. The van der Waals surface area contributed by atoms with E-state index in [9.17, 15) is 14.4 Å². The molecule has 2 amide bonds. The predicted octanol–water partition coefficient (Wildman–Crippen LogP) is 0.884. The fourth-order valence-electron chi connectivity index (χ4n) is 1.38.